The van der Waals surface area contributed by atoms with Gasteiger partial charge in [-0.25, -0.2) is 9.59 Å². The molecular formula is C19H15ClO5. The van der Waals surface area contributed by atoms with Crippen molar-refractivity contribution in [1.82, 2.24) is 0 Å². The van der Waals surface area contributed by atoms with Crippen LogP contribution in [0.5, 0.6) is 5.75 Å². The highest BCUT2D eigenvalue weighted by Gasteiger charge is 2.19. The van der Waals surface area contributed by atoms with E-state index in [1.165, 1.54) is 18.2 Å². The van der Waals surface area contributed by atoms with Crippen LogP contribution in [-0.4, -0.2) is 24.3 Å². The normalized spacial score (nSPS) is 10.0. The predicted octanol–water partition coefficient (Wildman–Crippen LogP) is 3.84. The van der Waals surface area contributed by atoms with Gasteiger partial charge in [0.05, 0.1) is 6.61 Å². The highest BCUT2D eigenvalue weighted by molar-refractivity contribution is 6.30. The van der Waals surface area contributed by atoms with Gasteiger partial charge in [0, 0.05) is 22.2 Å². The fourth-order valence-corrected chi connectivity index (χ4v) is 2.17. The topological polar surface area (TPSA) is 69.7 Å². The standard InChI is InChI=1S/C19H15ClO5/c1-3-17(21)25-16-11-13(7-10-15(16)19(23)24-4-2)18(22)12-5-8-14(20)9-6-12/h3,5-11H,1,4H2,2H3. The van der Waals surface area contributed by atoms with E-state index >= 15 is 0 Å². The van der Waals surface area contributed by atoms with Gasteiger partial charge in [0.2, 0.25) is 0 Å². The number of ether oxygens (including phenoxy) is 2. The molecule has 2 rings (SSSR count). The molecule has 0 aliphatic heterocycles. The van der Waals surface area contributed by atoms with Gasteiger partial charge < -0.3 is 9.47 Å². The van der Waals surface area contributed by atoms with Crippen LogP contribution in [0.3, 0.4) is 0 Å². The Bertz CT molecular complexity index is 824. The molecule has 0 saturated carbocycles. The van der Waals surface area contributed by atoms with Crippen molar-refractivity contribution in [2.75, 3.05) is 6.61 Å². The first-order valence-electron chi connectivity index (χ1n) is 7.42. The van der Waals surface area contributed by atoms with E-state index in [1.807, 2.05) is 0 Å². The summed E-state index contributed by atoms with van der Waals surface area (Å²) < 4.78 is 10.0. The summed E-state index contributed by atoms with van der Waals surface area (Å²) in [5, 5.41) is 0.509. The Morgan fingerprint density at radius 1 is 1.08 bits per heavy atom. The second kappa shape index (κ2) is 8.26. The zero-order valence-electron chi connectivity index (χ0n) is 13.5. The minimum atomic E-state index is -0.748. The third-order valence-corrected chi connectivity index (χ3v) is 3.47. The van der Waals surface area contributed by atoms with E-state index in [0.29, 0.717) is 10.6 Å². The lowest BCUT2D eigenvalue weighted by Crippen LogP contribution is -2.12. The van der Waals surface area contributed by atoms with Crippen molar-refractivity contribution in [3.8, 4) is 5.75 Å². The van der Waals surface area contributed by atoms with Gasteiger partial charge >= 0.3 is 11.9 Å². The van der Waals surface area contributed by atoms with Crippen molar-refractivity contribution in [3.63, 3.8) is 0 Å². The Kier molecular flexibility index (Phi) is 6.08. The Morgan fingerprint density at radius 3 is 2.32 bits per heavy atom. The van der Waals surface area contributed by atoms with E-state index in [-0.39, 0.29) is 29.3 Å². The van der Waals surface area contributed by atoms with Crippen LogP contribution in [0.15, 0.2) is 55.1 Å². The summed E-state index contributed by atoms with van der Waals surface area (Å²) in [6.07, 6.45) is 0.961. The lowest BCUT2D eigenvalue weighted by atomic mass is 10.0. The maximum atomic E-state index is 12.6. The van der Waals surface area contributed by atoms with Crippen LogP contribution in [0.1, 0.15) is 33.2 Å². The number of carbonyl (C=O) groups excluding carboxylic acids is 3. The van der Waals surface area contributed by atoms with Crippen LogP contribution in [0.4, 0.5) is 0 Å². The Hall–Kier alpha value is -2.92. The summed E-state index contributed by atoms with van der Waals surface area (Å²) in [5.74, 6) is -1.77. The van der Waals surface area contributed by atoms with Crippen molar-refractivity contribution in [3.05, 3.63) is 76.8 Å². The monoisotopic (exact) mass is 358 g/mol. The molecule has 0 aromatic heterocycles. The van der Waals surface area contributed by atoms with Gasteiger partial charge in [-0.1, -0.05) is 18.2 Å². The fraction of sp³-hybridized carbons (Fsp3) is 0.105. The summed E-state index contributed by atoms with van der Waals surface area (Å²) >= 11 is 5.82. The summed E-state index contributed by atoms with van der Waals surface area (Å²) in [4.78, 5) is 36.0. The van der Waals surface area contributed by atoms with E-state index in [4.69, 9.17) is 21.1 Å². The number of hydrogen-bond donors (Lipinski definition) is 0. The molecule has 0 saturated heterocycles. The van der Waals surface area contributed by atoms with Crippen LogP contribution in [0.25, 0.3) is 0 Å². The van der Waals surface area contributed by atoms with Gasteiger partial charge in [0.25, 0.3) is 0 Å². The maximum Gasteiger partial charge on any atom is 0.341 e. The predicted molar refractivity (Wildman–Crippen MR) is 93.1 cm³/mol. The zero-order chi connectivity index (χ0) is 18.4. The van der Waals surface area contributed by atoms with Gasteiger partial charge in [-0.15, -0.1) is 0 Å². The molecule has 2 aromatic rings. The molecule has 2 aromatic carbocycles. The minimum Gasteiger partial charge on any atom is -0.462 e. The van der Waals surface area contributed by atoms with Crippen molar-refractivity contribution in [2.45, 2.75) is 6.92 Å². The molecule has 0 heterocycles. The number of rotatable bonds is 6. The minimum absolute atomic E-state index is 0.0460. The van der Waals surface area contributed by atoms with Gasteiger partial charge in [-0.2, -0.15) is 0 Å². The molecule has 5 nitrogen and oxygen atoms in total. The van der Waals surface area contributed by atoms with E-state index < -0.39 is 11.9 Å². The van der Waals surface area contributed by atoms with Gasteiger partial charge in [-0.3, -0.25) is 4.79 Å². The summed E-state index contributed by atoms with van der Waals surface area (Å²) in [5.41, 5.74) is 0.709. The van der Waals surface area contributed by atoms with Crippen molar-refractivity contribution < 1.29 is 23.9 Å². The van der Waals surface area contributed by atoms with Crippen molar-refractivity contribution >= 4 is 29.3 Å². The molecule has 0 N–H and O–H groups in total. The first-order chi connectivity index (χ1) is 12.0. The van der Waals surface area contributed by atoms with Crippen LogP contribution in [0.2, 0.25) is 5.02 Å². The summed E-state index contributed by atoms with van der Waals surface area (Å²) in [6.45, 7) is 5.14. The number of halogens is 1. The van der Waals surface area contributed by atoms with E-state index in [9.17, 15) is 14.4 Å². The smallest absolute Gasteiger partial charge is 0.341 e. The Balaban J connectivity index is 2.42. The lowest BCUT2D eigenvalue weighted by Gasteiger charge is -2.10. The maximum absolute atomic E-state index is 12.6. The molecule has 6 heteroatoms. The first-order valence-corrected chi connectivity index (χ1v) is 7.79. The summed E-state index contributed by atoms with van der Waals surface area (Å²) in [7, 11) is 0. The first kappa shape index (κ1) is 18.4. The van der Waals surface area contributed by atoms with Gasteiger partial charge in [0.15, 0.2) is 5.78 Å². The Morgan fingerprint density at radius 2 is 1.72 bits per heavy atom. The molecule has 25 heavy (non-hydrogen) atoms. The number of esters is 2. The van der Waals surface area contributed by atoms with Crippen molar-refractivity contribution in [1.29, 1.82) is 0 Å². The molecule has 0 radical (unpaired) electrons. The number of hydrogen-bond acceptors (Lipinski definition) is 5. The quantitative estimate of drug-likeness (QED) is 0.339. The molecule has 0 amide bonds. The third kappa shape index (κ3) is 4.55. The van der Waals surface area contributed by atoms with Crippen molar-refractivity contribution in [2.24, 2.45) is 0 Å². The average molecular weight is 359 g/mol. The van der Waals surface area contributed by atoms with E-state index in [1.54, 1.807) is 31.2 Å². The number of benzene rings is 2. The van der Waals surface area contributed by atoms with Gasteiger partial charge in [0.1, 0.15) is 11.3 Å². The molecule has 0 unspecified atom stereocenters. The molecule has 0 aliphatic carbocycles. The van der Waals surface area contributed by atoms with Crippen LogP contribution in [-0.2, 0) is 9.53 Å². The largest absolute Gasteiger partial charge is 0.462 e. The highest BCUT2D eigenvalue weighted by atomic mass is 35.5. The third-order valence-electron chi connectivity index (χ3n) is 3.22. The summed E-state index contributed by atoms with van der Waals surface area (Å²) in [6, 6.07) is 10.5. The molecule has 0 bridgehead atoms. The number of ketones is 1. The van der Waals surface area contributed by atoms with E-state index in [2.05, 4.69) is 6.58 Å². The fourth-order valence-electron chi connectivity index (χ4n) is 2.04. The van der Waals surface area contributed by atoms with Crippen LogP contribution >= 0.6 is 11.6 Å². The molecule has 0 aliphatic rings. The second-order valence-corrected chi connectivity index (χ2v) is 5.33. The molecule has 0 spiro atoms. The Labute approximate surface area is 149 Å². The van der Waals surface area contributed by atoms with Crippen LogP contribution in [0, 0.1) is 0 Å². The van der Waals surface area contributed by atoms with Crippen LogP contribution < -0.4 is 4.74 Å². The second-order valence-electron chi connectivity index (χ2n) is 4.89. The molecular weight excluding hydrogens is 344 g/mol. The zero-order valence-corrected chi connectivity index (χ0v) is 14.2. The SMILES string of the molecule is C=CC(=O)Oc1cc(C(=O)c2ccc(Cl)cc2)ccc1C(=O)OCC. The highest BCUT2D eigenvalue weighted by Crippen LogP contribution is 2.24. The average Bonchev–Trinajstić information content (AvgIpc) is 2.61. The molecule has 0 fully saturated rings. The van der Waals surface area contributed by atoms with E-state index in [0.717, 1.165) is 6.08 Å². The number of carbonyl (C=O) groups is 3. The molecule has 128 valence electrons. The van der Waals surface area contributed by atoms with Gasteiger partial charge in [-0.05, 0) is 49.4 Å². The lowest BCUT2D eigenvalue weighted by molar-refractivity contribution is -0.128. The molecule has 0 atom stereocenters.